The highest BCUT2D eigenvalue weighted by molar-refractivity contribution is 6.31. The average molecular weight is 270 g/mol. The summed E-state index contributed by atoms with van der Waals surface area (Å²) in [5, 5.41) is 10.1. The maximum atomic E-state index is 9.47. The molecule has 18 heavy (non-hydrogen) atoms. The third-order valence-electron chi connectivity index (χ3n) is 3.74. The van der Waals surface area contributed by atoms with E-state index in [2.05, 4.69) is 11.8 Å². The van der Waals surface area contributed by atoms with Crippen LogP contribution < -0.4 is 4.90 Å². The highest BCUT2D eigenvalue weighted by atomic mass is 35.5. The molecule has 1 aromatic rings. The van der Waals surface area contributed by atoms with Crippen molar-refractivity contribution in [1.82, 2.24) is 0 Å². The number of rotatable bonds is 3. The number of anilines is 1. The maximum Gasteiger partial charge on any atom is 0.0825 e. The van der Waals surface area contributed by atoms with Gasteiger partial charge < -0.3 is 14.7 Å². The SMILES string of the molecule is COC1(C)CCCN(c2cccc(Cl)c2CO)C1. The van der Waals surface area contributed by atoms with Crippen LogP contribution in [0, 0.1) is 0 Å². The summed E-state index contributed by atoms with van der Waals surface area (Å²) in [5.41, 5.74) is 1.71. The average Bonchev–Trinajstić information content (AvgIpc) is 2.38. The van der Waals surface area contributed by atoms with Crippen LogP contribution in [-0.2, 0) is 11.3 Å². The van der Waals surface area contributed by atoms with Gasteiger partial charge in [0.1, 0.15) is 0 Å². The molecule has 100 valence electrons. The fourth-order valence-electron chi connectivity index (χ4n) is 2.58. The normalized spacial score (nSPS) is 24.3. The number of methoxy groups -OCH3 is 1. The summed E-state index contributed by atoms with van der Waals surface area (Å²) in [6, 6.07) is 5.75. The number of piperidine rings is 1. The molecular weight excluding hydrogens is 250 g/mol. The highest BCUT2D eigenvalue weighted by Gasteiger charge is 2.31. The molecule has 0 aromatic heterocycles. The van der Waals surface area contributed by atoms with Gasteiger partial charge in [0.05, 0.1) is 12.2 Å². The number of halogens is 1. The van der Waals surface area contributed by atoms with Gasteiger partial charge in [0.25, 0.3) is 0 Å². The van der Waals surface area contributed by atoms with Crippen LogP contribution >= 0.6 is 11.6 Å². The minimum Gasteiger partial charge on any atom is -0.392 e. The summed E-state index contributed by atoms with van der Waals surface area (Å²) in [4.78, 5) is 2.25. The zero-order valence-electron chi connectivity index (χ0n) is 10.9. The van der Waals surface area contributed by atoms with Crippen LogP contribution in [0.1, 0.15) is 25.3 Å². The molecular formula is C14H20ClNO2. The summed E-state index contributed by atoms with van der Waals surface area (Å²) < 4.78 is 5.60. The molecule has 0 aliphatic carbocycles. The Hall–Kier alpha value is -0.770. The number of hydrogen-bond donors (Lipinski definition) is 1. The number of aliphatic hydroxyl groups is 1. The molecule has 1 aliphatic rings. The van der Waals surface area contributed by atoms with Gasteiger partial charge in [-0.15, -0.1) is 0 Å². The summed E-state index contributed by atoms with van der Waals surface area (Å²) >= 11 is 6.14. The summed E-state index contributed by atoms with van der Waals surface area (Å²) in [7, 11) is 1.76. The van der Waals surface area contributed by atoms with Gasteiger partial charge in [-0.2, -0.15) is 0 Å². The summed E-state index contributed by atoms with van der Waals surface area (Å²) in [5.74, 6) is 0. The van der Waals surface area contributed by atoms with Gasteiger partial charge in [-0.25, -0.2) is 0 Å². The Balaban J connectivity index is 2.29. The van der Waals surface area contributed by atoms with E-state index in [1.165, 1.54) is 0 Å². The van der Waals surface area contributed by atoms with Gasteiger partial charge in [0, 0.05) is 36.5 Å². The number of ether oxygens (including phenoxy) is 1. The second kappa shape index (κ2) is 5.47. The van der Waals surface area contributed by atoms with Crippen LogP contribution in [0.4, 0.5) is 5.69 Å². The topological polar surface area (TPSA) is 32.7 Å². The molecule has 4 heteroatoms. The number of benzene rings is 1. The molecule has 0 saturated carbocycles. The molecule has 1 fully saturated rings. The van der Waals surface area contributed by atoms with Crippen LogP contribution in [-0.4, -0.2) is 30.9 Å². The molecule has 1 aliphatic heterocycles. The van der Waals surface area contributed by atoms with Gasteiger partial charge in [-0.05, 0) is 31.9 Å². The number of aliphatic hydroxyl groups excluding tert-OH is 1. The number of hydrogen-bond acceptors (Lipinski definition) is 3. The van der Waals surface area contributed by atoms with E-state index in [9.17, 15) is 5.11 Å². The smallest absolute Gasteiger partial charge is 0.0825 e. The molecule has 1 aromatic carbocycles. The van der Waals surface area contributed by atoms with E-state index >= 15 is 0 Å². The zero-order chi connectivity index (χ0) is 13.2. The van der Waals surface area contributed by atoms with Crippen molar-refractivity contribution in [1.29, 1.82) is 0 Å². The second-order valence-corrected chi connectivity index (χ2v) is 5.48. The molecule has 0 bridgehead atoms. The van der Waals surface area contributed by atoms with Crippen molar-refractivity contribution < 1.29 is 9.84 Å². The van der Waals surface area contributed by atoms with Crippen molar-refractivity contribution in [2.24, 2.45) is 0 Å². The first kappa shape index (κ1) is 13.7. The quantitative estimate of drug-likeness (QED) is 0.916. The molecule has 1 N–H and O–H groups in total. The molecule has 2 rings (SSSR count). The predicted molar refractivity (Wildman–Crippen MR) is 74.2 cm³/mol. The monoisotopic (exact) mass is 269 g/mol. The van der Waals surface area contributed by atoms with Gasteiger partial charge in [-0.1, -0.05) is 17.7 Å². The molecule has 1 heterocycles. The summed E-state index contributed by atoms with van der Waals surface area (Å²) in [6.45, 7) is 3.90. The van der Waals surface area contributed by atoms with E-state index in [1.807, 2.05) is 18.2 Å². The molecule has 0 spiro atoms. The van der Waals surface area contributed by atoms with E-state index < -0.39 is 0 Å². The number of nitrogens with zero attached hydrogens (tertiary/aromatic N) is 1. The first-order valence-corrected chi connectivity index (χ1v) is 6.66. The zero-order valence-corrected chi connectivity index (χ0v) is 11.7. The largest absolute Gasteiger partial charge is 0.392 e. The van der Waals surface area contributed by atoms with Gasteiger partial charge in [0.15, 0.2) is 0 Å². The Morgan fingerprint density at radius 3 is 2.94 bits per heavy atom. The van der Waals surface area contributed by atoms with Crippen LogP contribution in [0.15, 0.2) is 18.2 Å². The van der Waals surface area contributed by atoms with Gasteiger partial charge in [-0.3, -0.25) is 0 Å². The minimum absolute atomic E-state index is 0.0325. The van der Waals surface area contributed by atoms with Gasteiger partial charge in [0.2, 0.25) is 0 Å². The predicted octanol–water partition coefficient (Wildman–Crippen LogP) is 2.84. The molecule has 0 radical (unpaired) electrons. The van der Waals surface area contributed by atoms with Crippen LogP contribution in [0.2, 0.25) is 5.02 Å². The van der Waals surface area contributed by atoms with Crippen molar-refractivity contribution in [2.45, 2.75) is 32.0 Å². The fourth-order valence-corrected chi connectivity index (χ4v) is 2.81. The lowest BCUT2D eigenvalue weighted by Crippen LogP contribution is -2.47. The van der Waals surface area contributed by atoms with E-state index in [1.54, 1.807) is 7.11 Å². The third kappa shape index (κ3) is 2.63. The maximum absolute atomic E-state index is 9.47. The van der Waals surface area contributed by atoms with E-state index in [4.69, 9.17) is 16.3 Å². The van der Waals surface area contributed by atoms with Crippen molar-refractivity contribution in [3.8, 4) is 0 Å². The van der Waals surface area contributed by atoms with Crippen molar-refractivity contribution in [3.05, 3.63) is 28.8 Å². The molecule has 3 nitrogen and oxygen atoms in total. The third-order valence-corrected chi connectivity index (χ3v) is 4.10. The Morgan fingerprint density at radius 2 is 2.28 bits per heavy atom. The first-order chi connectivity index (χ1) is 8.59. The van der Waals surface area contributed by atoms with Crippen LogP contribution in [0.25, 0.3) is 0 Å². The standard InChI is InChI=1S/C14H20ClNO2/c1-14(18-2)7-4-8-16(10-14)13-6-3-5-12(15)11(13)9-17/h3,5-6,17H,4,7-10H2,1-2H3. The van der Waals surface area contributed by atoms with E-state index in [0.29, 0.717) is 5.02 Å². The van der Waals surface area contributed by atoms with Crippen molar-refractivity contribution >= 4 is 17.3 Å². The second-order valence-electron chi connectivity index (χ2n) is 5.07. The van der Waals surface area contributed by atoms with Crippen molar-refractivity contribution in [3.63, 3.8) is 0 Å². The molecule has 1 unspecified atom stereocenters. The van der Waals surface area contributed by atoms with Crippen LogP contribution in [0.3, 0.4) is 0 Å². The Kier molecular flexibility index (Phi) is 4.15. The van der Waals surface area contributed by atoms with Crippen molar-refractivity contribution in [2.75, 3.05) is 25.1 Å². The fraction of sp³-hybridized carbons (Fsp3) is 0.571. The van der Waals surface area contributed by atoms with E-state index in [-0.39, 0.29) is 12.2 Å². The Morgan fingerprint density at radius 1 is 1.50 bits per heavy atom. The van der Waals surface area contributed by atoms with Crippen LogP contribution in [0.5, 0.6) is 0 Å². The lowest BCUT2D eigenvalue weighted by atomic mass is 9.94. The molecule has 1 saturated heterocycles. The Labute approximate surface area is 113 Å². The molecule has 0 amide bonds. The Bertz CT molecular complexity index is 424. The van der Waals surface area contributed by atoms with E-state index in [0.717, 1.165) is 37.2 Å². The minimum atomic E-state index is -0.118. The highest BCUT2D eigenvalue weighted by Crippen LogP contribution is 2.32. The lowest BCUT2D eigenvalue weighted by molar-refractivity contribution is -0.00472. The summed E-state index contributed by atoms with van der Waals surface area (Å²) in [6.07, 6.45) is 2.15. The molecule has 1 atom stereocenters. The first-order valence-electron chi connectivity index (χ1n) is 6.28. The van der Waals surface area contributed by atoms with Gasteiger partial charge >= 0.3 is 0 Å². The lowest BCUT2D eigenvalue weighted by Gasteiger charge is -2.41.